The van der Waals surface area contributed by atoms with Crippen LogP contribution in [0.1, 0.15) is 17.5 Å². The molecule has 1 aliphatic heterocycles. The second kappa shape index (κ2) is 7.83. The molecular weight excluding hydrogens is 314 g/mol. The molecule has 3 rings (SSSR count). The quantitative estimate of drug-likeness (QED) is 0.842. The lowest BCUT2D eigenvalue weighted by atomic mass is 9.98. The summed E-state index contributed by atoms with van der Waals surface area (Å²) in [5.74, 6) is -1.25. The molecule has 0 spiro atoms. The highest BCUT2D eigenvalue weighted by atomic mass is 16.2. The van der Waals surface area contributed by atoms with Gasteiger partial charge in [-0.2, -0.15) is 0 Å². The Labute approximate surface area is 148 Å². The molecule has 130 valence electrons. The van der Waals surface area contributed by atoms with Crippen LogP contribution in [0.5, 0.6) is 0 Å². The van der Waals surface area contributed by atoms with E-state index in [1.165, 1.54) is 23.2 Å². The molecule has 25 heavy (non-hydrogen) atoms. The maximum Gasteiger partial charge on any atom is 0.313 e. The molecule has 0 saturated heterocycles. The van der Waals surface area contributed by atoms with Gasteiger partial charge in [0.05, 0.1) is 0 Å². The molecule has 5 heteroatoms. The Morgan fingerprint density at radius 2 is 1.88 bits per heavy atom. The fourth-order valence-corrected chi connectivity index (χ4v) is 3.10. The predicted octanol–water partition coefficient (Wildman–Crippen LogP) is 2.37. The van der Waals surface area contributed by atoms with Gasteiger partial charge >= 0.3 is 11.8 Å². The topological polar surface area (TPSA) is 61.4 Å². The van der Waals surface area contributed by atoms with Crippen molar-refractivity contribution in [2.45, 2.75) is 19.3 Å². The van der Waals surface area contributed by atoms with Gasteiger partial charge in [0.15, 0.2) is 0 Å². The molecule has 0 fully saturated rings. The number of carbonyl (C=O) groups is 2. The van der Waals surface area contributed by atoms with Crippen molar-refractivity contribution in [1.29, 1.82) is 0 Å². The summed E-state index contributed by atoms with van der Waals surface area (Å²) >= 11 is 0. The molecule has 1 heterocycles. The van der Waals surface area contributed by atoms with Gasteiger partial charge in [0, 0.05) is 31.5 Å². The average Bonchev–Trinajstić information content (AvgIpc) is 2.62. The first-order valence-electron chi connectivity index (χ1n) is 8.60. The first-order chi connectivity index (χ1) is 12.1. The Bertz CT molecular complexity index is 759. The van der Waals surface area contributed by atoms with E-state index in [0.29, 0.717) is 18.7 Å². The van der Waals surface area contributed by atoms with E-state index in [4.69, 9.17) is 0 Å². The predicted molar refractivity (Wildman–Crippen MR) is 99.8 cm³/mol. The van der Waals surface area contributed by atoms with Crippen LogP contribution >= 0.6 is 0 Å². The molecule has 2 aromatic rings. The second-order valence-corrected chi connectivity index (χ2v) is 6.31. The highest BCUT2D eigenvalue weighted by molar-refractivity contribution is 6.39. The Hall–Kier alpha value is -2.82. The van der Waals surface area contributed by atoms with Crippen molar-refractivity contribution in [1.82, 2.24) is 5.32 Å². The minimum atomic E-state index is -0.640. The molecule has 0 bridgehead atoms. The van der Waals surface area contributed by atoms with E-state index in [2.05, 4.69) is 40.8 Å². The minimum absolute atomic E-state index is 0.440. The number of hydrogen-bond donors (Lipinski definition) is 2. The molecule has 0 aromatic heterocycles. The summed E-state index contributed by atoms with van der Waals surface area (Å²) in [5.41, 5.74) is 4.44. The molecule has 2 N–H and O–H groups in total. The lowest BCUT2D eigenvalue weighted by Gasteiger charge is -2.27. The zero-order valence-electron chi connectivity index (χ0n) is 14.4. The summed E-state index contributed by atoms with van der Waals surface area (Å²) in [7, 11) is 2.11. The van der Waals surface area contributed by atoms with Crippen LogP contribution in [0.4, 0.5) is 11.4 Å². The summed E-state index contributed by atoms with van der Waals surface area (Å²) in [6.07, 6.45) is 2.98. The van der Waals surface area contributed by atoms with Crippen LogP contribution in [-0.2, 0) is 22.4 Å². The summed E-state index contributed by atoms with van der Waals surface area (Å²) in [6.45, 7) is 1.54. The zero-order valence-corrected chi connectivity index (χ0v) is 14.4. The fourth-order valence-electron chi connectivity index (χ4n) is 3.10. The maximum atomic E-state index is 11.9. The third-order valence-electron chi connectivity index (χ3n) is 4.43. The van der Waals surface area contributed by atoms with E-state index in [9.17, 15) is 9.59 Å². The number of amides is 2. The second-order valence-electron chi connectivity index (χ2n) is 6.31. The smallest absolute Gasteiger partial charge is 0.313 e. The van der Waals surface area contributed by atoms with Crippen molar-refractivity contribution in [3.8, 4) is 0 Å². The Morgan fingerprint density at radius 1 is 1.08 bits per heavy atom. The number of fused-ring (bicyclic) bond motifs is 1. The number of anilines is 2. The van der Waals surface area contributed by atoms with Gasteiger partial charge in [0.1, 0.15) is 0 Å². The molecule has 0 unspecified atom stereocenters. The van der Waals surface area contributed by atoms with Gasteiger partial charge in [0.25, 0.3) is 0 Å². The number of para-hydroxylation sites is 1. The molecule has 2 aromatic carbocycles. The van der Waals surface area contributed by atoms with Crippen LogP contribution in [0.2, 0.25) is 0 Å². The number of aryl methyl sites for hydroxylation is 1. The van der Waals surface area contributed by atoms with Crippen LogP contribution < -0.4 is 15.5 Å². The monoisotopic (exact) mass is 337 g/mol. The molecular formula is C20H23N3O2. The van der Waals surface area contributed by atoms with E-state index in [0.717, 1.165) is 13.0 Å². The summed E-state index contributed by atoms with van der Waals surface area (Å²) in [5, 5.41) is 5.26. The maximum absolute atomic E-state index is 11.9. The van der Waals surface area contributed by atoms with Gasteiger partial charge < -0.3 is 15.5 Å². The van der Waals surface area contributed by atoms with Gasteiger partial charge in [-0.3, -0.25) is 9.59 Å². The molecule has 0 atom stereocenters. The van der Waals surface area contributed by atoms with Gasteiger partial charge in [0.2, 0.25) is 0 Å². The van der Waals surface area contributed by atoms with Crippen molar-refractivity contribution in [3.63, 3.8) is 0 Å². The Kier molecular flexibility index (Phi) is 5.33. The van der Waals surface area contributed by atoms with Crippen LogP contribution in [0.15, 0.2) is 48.5 Å². The van der Waals surface area contributed by atoms with Gasteiger partial charge in [-0.25, -0.2) is 0 Å². The third-order valence-corrected chi connectivity index (χ3v) is 4.43. The highest BCUT2D eigenvalue weighted by Crippen LogP contribution is 2.26. The first-order valence-corrected chi connectivity index (χ1v) is 8.60. The molecule has 0 aliphatic carbocycles. The van der Waals surface area contributed by atoms with Crippen LogP contribution in [0.25, 0.3) is 0 Å². The van der Waals surface area contributed by atoms with Crippen molar-refractivity contribution in [2.24, 2.45) is 0 Å². The van der Waals surface area contributed by atoms with Gasteiger partial charge in [-0.05, 0) is 48.6 Å². The van der Waals surface area contributed by atoms with E-state index in [1.54, 1.807) is 24.3 Å². The standard InChI is InChI=1S/C20H23N3O2/c1-23-13-5-6-16-14-15(9-10-18(16)23)11-12-21-19(24)20(25)22-17-7-3-2-4-8-17/h2-4,7-10,14H,5-6,11-13H2,1H3,(H,21,24)(H,22,25). The average molecular weight is 337 g/mol. The molecule has 2 amide bonds. The minimum Gasteiger partial charge on any atom is -0.374 e. The van der Waals surface area contributed by atoms with Crippen molar-refractivity contribution in [3.05, 3.63) is 59.7 Å². The Morgan fingerprint density at radius 3 is 2.68 bits per heavy atom. The van der Waals surface area contributed by atoms with E-state index in [1.807, 2.05) is 6.07 Å². The van der Waals surface area contributed by atoms with Gasteiger partial charge in [-0.15, -0.1) is 0 Å². The first kappa shape index (κ1) is 17.0. The lowest BCUT2D eigenvalue weighted by molar-refractivity contribution is -0.136. The summed E-state index contributed by atoms with van der Waals surface area (Å²) in [6, 6.07) is 15.4. The van der Waals surface area contributed by atoms with Crippen LogP contribution in [-0.4, -0.2) is 32.0 Å². The fraction of sp³-hybridized carbons (Fsp3) is 0.300. The van der Waals surface area contributed by atoms with Crippen molar-refractivity contribution < 1.29 is 9.59 Å². The van der Waals surface area contributed by atoms with Crippen molar-refractivity contribution in [2.75, 3.05) is 30.4 Å². The number of benzene rings is 2. The number of nitrogens with zero attached hydrogens (tertiary/aromatic N) is 1. The largest absolute Gasteiger partial charge is 0.374 e. The van der Waals surface area contributed by atoms with Crippen LogP contribution in [0.3, 0.4) is 0 Å². The third kappa shape index (κ3) is 4.38. The van der Waals surface area contributed by atoms with Crippen LogP contribution in [0, 0.1) is 0 Å². The molecule has 1 aliphatic rings. The number of hydrogen-bond acceptors (Lipinski definition) is 3. The Balaban J connectivity index is 1.49. The highest BCUT2D eigenvalue weighted by Gasteiger charge is 2.15. The SMILES string of the molecule is CN1CCCc2cc(CCNC(=O)C(=O)Nc3ccccc3)ccc21. The van der Waals surface area contributed by atoms with E-state index >= 15 is 0 Å². The summed E-state index contributed by atoms with van der Waals surface area (Å²) < 4.78 is 0. The number of carbonyl (C=O) groups excluding carboxylic acids is 2. The number of nitrogens with one attached hydrogen (secondary N) is 2. The molecule has 5 nitrogen and oxygen atoms in total. The van der Waals surface area contributed by atoms with Gasteiger partial charge in [-0.1, -0.05) is 30.3 Å². The van der Waals surface area contributed by atoms with E-state index in [-0.39, 0.29) is 0 Å². The normalized spacial score (nSPS) is 13.1. The van der Waals surface area contributed by atoms with E-state index < -0.39 is 11.8 Å². The molecule has 0 saturated carbocycles. The lowest BCUT2D eigenvalue weighted by Crippen LogP contribution is -2.36. The zero-order chi connectivity index (χ0) is 17.6. The number of rotatable bonds is 4. The molecule has 0 radical (unpaired) electrons. The summed E-state index contributed by atoms with van der Waals surface area (Å²) in [4.78, 5) is 26.0. The van der Waals surface area contributed by atoms with Crippen molar-refractivity contribution >= 4 is 23.2 Å².